The lowest BCUT2D eigenvalue weighted by Crippen LogP contribution is -2.48. The maximum atomic E-state index is 12.6. The van der Waals surface area contributed by atoms with E-state index in [1.807, 2.05) is 41.0 Å². The van der Waals surface area contributed by atoms with Crippen molar-refractivity contribution in [3.8, 4) is 5.75 Å². The first-order chi connectivity index (χ1) is 12.0. The van der Waals surface area contributed by atoms with Crippen LogP contribution in [0.5, 0.6) is 5.75 Å². The van der Waals surface area contributed by atoms with Crippen LogP contribution in [0.15, 0.2) is 42.5 Å². The molecule has 25 heavy (non-hydrogen) atoms. The molecular formula is C19H20N2O4. The number of hydrogen-bond donors (Lipinski definition) is 2. The minimum absolute atomic E-state index is 0.0141. The fourth-order valence-electron chi connectivity index (χ4n) is 3.02. The molecule has 6 nitrogen and oxygen atoms in total. The molecule has 0 saturated carbocycles. The van der Waals surface area contributed by atoms with E-state index >= 15 is 0 Å². The molecule has 1 saturated heterocycles. The fourth-order valence-corrected chi connectivity index (χ4v) is 3.02. The molecule has 2 aromatic rings. The first-order valence-corrected chi connectivity index (χ1v) is 8.13. The van der Waals surface area contributed by atoms with Crippen molar-refractivity contribution in [1.82, 2.24) is 4.90 Å². The van der Waals surface area contributed by atoms with Crippen molar-refractivity contribution in [2.24, 2.45) is 0 Å². The quantitative estimate of drug-likeness (QED) is 0.896. The minimum Gasteiger partial charge on any atom is -0.507 e. The van der Waals surface area contributed by atoms with E-state index in [1.54, 1.807) is 6.07 Å². The van der Waals surface area contributed by atoms with Crippen LogP contribution in [0.2, 0.25) is 0 Å². The van der Waals surface area contributed by atoms with Crippen LogP contribution in [-0.4, -0.2) is 53.2 Å². The summed E-state index contributed by atoms with van der Waals surface area (Å²) in [5.74, 6) is -1.39. The lowest BCUT2D eigenvalue weighted by atomic mass is 10.1. The molecule has 3 rings (SSSR count). The highest BCUT2D eigenvalue weighted by atomic mass is 16.4. The highest BCUT2D eigenvalue weighted by Gasteiger charge is 2.23. The third-order valence-electron chi connectivity index (χ3n) is 4.41. The van der Waals surface area contributed by atoms with Gasteiger partial charge in [0.15, 0.2) is 0 Å². The van der Waals surface area contributed by atoms with Gasteiger partial charge in [-0.25, -0.2) is 4.79 Å². The van der Waals surface area contributed by atoms with Crippen LogP contribution in [-0.2, 0) is 0 Å². The largest absolute Gasteiger partial charge is 0.507 e. The van der Waals surface area contributed by atoms with Crippen LogP contribution in [0.1, 0.15) is 26.3 Å². The minimum atomic E-state index is -1.16. The van der Waals surface area contributed by atoms with E-state index in [9.17, 15) is 14.7 Å². The Hall–Kier alpha value is -3.02. The van der Waals surface area contributed by atoms with Gasteiger partial charge in [-0.2, -0.15) is 0 Å². The van der Waals surface area contributed by atoms with Gasteiger partial charge in [-0.3, -0.25) is 4.79 Å². The van der Waals surface area contributed by atoms with Crippen LogP contribution in [0.4, 0.5) is 5.69 Å². The fraction of sp³-hybridized carbons (Fsp3) is 0.263. The van der Waals surface area contributed by atoms with Gasteiger partial charge in [0.1, 0.15) is 11.3 Å². The van der Waals surface area contributed by atoms with Gasteiger partial charge >= 0.3 is 5.97 Å². The molecule has 0 atom stereocenters. The lowest BCUT2D eigenvalue weighted by Gasteiger charge is -2.36. The number of carboxylic acids is 1. The van der Waals surface area contributed by atoms with Crippen molar-refractivity contribution in [1.29, 1.82) is 0 Å². The third-order valence-corrected chi connectivity index (χ3v) is 4.41. The summed E-state index contributed by atoms with van der Waals surface area (Å²) >= 11 is 0. The van der Waals surface area contributed by atoms with Gasteiger partial charge < -0.3 is 20.0 Å². The second-order valence-electron chi connectivity index (χ2n) is 6.16. The predicted octanol–water partition coefficient (Wildman–Crippen LogP) is 2.36. The van der Waals surface area contributed by atoms with Gasteiger partial charge in [-0.1, -0.05) is 17.7 Å². The molecule has 1 heterocycles. The zero-order valence-corrected chi connectivity index (χ0v) is 14.0. The zero-order valence-electron chi connectivity index (χ0n) is 14.0. The van der Waals surface area contributed by atoms with Crippen molar-refractivity contribution in [3.05, 3.63) is 59.2 Å². The van der Waals surface area contributed by atoms with Crippen molar-refractivity contribution in [2.75, 3.05) is 31.1 Å². The summed E-state index contributed by atoms with van der Waals surface area (Å²) in [6, 6.07) is 12.1. The molecule has 0 aromatic heterocycles. The van der Waals surface area contributed by atoms with Gasteiger partial charge in [0, 0.05) is 37.4 Å². The number of amides is 1. The molecule has 6 heteroatoms. The average molecular weight is 340 g/mol. The molecule has 2 N–H and O–H groups in total. The molecule has 1 aliphatic heterocycles. The number of nitrogens with zero attached hydrogens (tertiary/aromatic N) is 2. The van der Waals surface area contributed by atoms with Crippen LogP contribution in [0.25, 0.3) is 0 Å². The number of aromatic hydroxyl groups is 1. The number of piperazine rings is 1. The topological polar surface area (TPSA) is 81.1 Å². The molecule has 2 aromatic carbocycles. The Bertz CT molecular complexity index is 811. The number of carbonyl (C=O) groups excluding carboxylic acids is 1. The summed E-state index contributed by atoms with van der Waals surface area (Å²) < 4.78 is 0. The Labute approximate surface area is 145 Å². The van der Waals surface area contributed by atoms with E-state index < -0.39 is 5.97 Å². The Morgan fingerprint density at radius 1 is 1.00 bits per heavy atom. The maximum absolute atomic E-state index is 12.6. The molecule has 0 aliphatic carbocycles. The molecule has 0 radical (unpaired) electrons. The van der Waals surface area contributed by atoms with Crippen LogP contribution in [0.3, 0.4) is 0 Å². The van der Waals surface area contributed by atoms with E-state index in [-0.39, 0.29) is 17.2 Å². The Morgan fingerprint density at radius 3 is 2.36 bits per heavy atom. The summed E-state index contributed by atoms with van der Waals surface area (Å²) in [5.41, 5.74) is 2.36. The Morgan fingerprint density at radius 2 is 1.72 bits per heavy atom. The first-order valence-electron chi connectivity index (χ1n) is 8.13. The molecular weight excluding hydrogens is 320 g/mol. The van der Waals surface area contributed by atoms with Crippen molar-refractivity contribution < 1.29 is 19.8 Å². The van der Waals surface area contributed by atoms with Crippen LogP contribution >= 0.6 is 0 Å². The number of aromatic carboxylic acids is 1. The zero-order chi connectivity index (χ0) is 18.0. The van der Waals surface area contributed by atoms with E-state index in [2.05, 4.69) is 0 Å². The van der Waals surface area contributed by atoms with Crippen LogP contribution < -0.4 is 4.90 Å². The third kappa shape index (κ3) is 3.57. The second-order valence-corrected chi connectivity index (χ2v) is 6.16. The van der Waals surface area contributed by atoms with Crippen molar-refractivity contribution in [2.45, 2.75) is 6.92 Å². The summed E-state index contributed by atoms with van der Waals surface area (Å²) in [5, 5.41) is 18.7. The number of phenols is 1. The number of benzene rings is 2. The van der Waals surface area contributed by atoms with Gasteiger partial charge in [-0.05, 0) is 37.3 Å². The molecule has 0 spiro atoms. The van der Waals surface area contributed by atoms with E-state index in [0.29, 0.717) is 31.7 Å². The molecule has 1 aliphatic rings. The predicted molar refractivity (Wildman–Crippen MR) is 94.4 cm³/mol. The van der Waals surface area contributed by atoms with Crippen molar-refractivity contribution in [3.63, 3.8) is 0 Å². The molecule has 130 valence electrons. The van der Waals surface area contributed by atoms with Gasteiger partial charge in [0.2, 0.25) is 0 Å². The highest BCUT2D eigenvalue weighted by molar-refractivity contribution is 5.94. The number of carboxylic acid groups (broad SMARTS) is 1. The highest BCUT2D eigenvalue weighted by Crippen LogP contribution is 2.25. The standard InChI is InChI=1S/C19H20N2O4/c1-13-3-2-4-14(11-13)18(23)21-9-7-20(8-10-21)15-5-6-17(22)16(12-15)19(24)25/h2-6,11-12,22H,7-10H2,1H3,(H,24,25). The summed E-state index contributed by atoms with van der Waals surface area (Å²) in [6.45, 7) is 4.31. The maximum Gasteiger partial charge on any atom is 0.339 e. The summed E-state index contributed by atoms with van der Waals surface area (Å²) in [7, 11) is 0. The van der Waals surface area contributed by atoms with E-state index in [1.165, 1.54) is 12.1 Å². The van der Waals surface area contributed by atoms with Gasteiger partial charge in [-0.15, -0.1) is 0 Å². The molecule has 1 amide bonds. The first kappa shape index (κ1) is 16.8. The molecule has 1 fully saturated rings. The smallest absolute Gasteiger partial charge is 0.339 e. The van der Waals surface area contributed by atoms with Crippen molar-refractivity contribution >= 4 is 17.6 Å². The SMILES string of the molecule is Cc1cccc(C(=O)N2CCN(c3ccc(O)c(C(=O)O)c3)CC2)c1. The lowest BCUT2D eigenvalue weighted by molar-refractivity contribution is 0.0693. The molecule has 0 bridgehead atoms. The second kappa shape index (κ2) is 6.84. The van der Waals surface area contributed by atoms with Gasteiger partial charge in [0.05, 0.1) is 0 Å². The average Bonchev–Trinajstić information content (AvgIpc) is 2.61. The number of aryl methyl sites for hydroxylation is 1. The summed E-state index contributed by atoms with van der Waals surface area (Å²) in [4.78, 5) is 27.6. The van der Waals surface area contributed by atoms with E-state index in [4.69, 9.17) is 5.11 Å². The Balaban J connectivity index is 1.69. The number of carbonyl (C=O) groups is 2. The Kier molecular flexibility index (Phi) is 4.61. The molecule has 0 unspecified atom stereocenters. The van der Waals surface area contributed by atoms with Crippen LogP contribution in [0, 0.1) is 6.92 Å². The number of rotatable bonds is 3. The van der Waals surface area contributed by atoms with Gasteiger partial charge in [0.25, 0.3) is 5.91 Å². The monoisotopic (exact) mass is 340 g/mol. The normalized spacial score (nSPS) is 14.4. The number of hydrogen-bond acceptors (Lipinski definition) is 4. The number of anilines is 1. The summed E-state index contributed by atoms with van der Waals surface area (Å²) in [6.07, 6.45) is 0. The van der Waals surface area contributed by atoms with E-state index in [0.717, 1.165) is 11.3 Å².